The molecular formula is C23H26N4O5S. The lowest BCUT2D eigenvalue weighted by atomic mass is 10.0. The number of sulfonamides is 1. The molecule has 174 valence electrons. The molecule has 0 bridgehead atoms. The van der Waals surface area contributed by atoms with E-state index in [9.17, 15) is 18.0 Å². The average Bonchev–Trinajstić information content (AvgIpc) is 2.82. The zero-order valence-corrected chi connectivity index (χ0v) is 19.3. The molecule has 1 aliphatic heterocycles. The van der Waals surface area contributed by atoms with E-state index >= 15 is 0 Å². The second-order valence-corrected chi connectivity index (χ2v) is 9.86. The van der Waals surface area contributed by atoms with E-state index in [0.717, 1.165) is 0 Å². The van der Waals surface area contributed by atoms with Gasteiger partial charge in [0.25, 0.3) is 5.91 Å². The average molecular weight is 471 g/mol. The lowest BCUT2D eigenvalue weighted by Gasteiger charge is -2.26. The topological polar surface area (TPSA) is 129 Å². The summed E-state index contributed by atoms with van der Waals surface area (Å²) >= 11 is 0. The van der Waals surface area contributed by atoms with Crippen molar-refractivity contribution >= 4 is 27.5 Å². The Morgan fingerprint density at radius 2 is 1.79 bits per heavy atom. The molecule has 1 atom stereocenters. The molecule has 3 rings (SSSR count). The molecule has 2 amide bonds. The molecule has 10 heteroatoms. The van der Waals surface area contributed by atoms with Crippen LogP contribution in [0.4, 0.5) is 5.69 Å². The van der Waals surface area contributed by atoms with Gasteiger partial charge in [0.2, 0.25) is 15.9 Å². The number of rotatable bonds is 7. The third kappa shape index (κ3) is 5.96. The molecule has 0 unspecified atom stereocenters. The van der Waals surface area contributed by atoms with Gasteiger partial charge >= 0.3 is 0 Å². The third-order valence-electron chi connectivity index (χ3n) is 5.20. The van der Waals surface area contributed by atoms with Gasteiger partial charge in [0.05, 0.1) is 29.7 Å². The number of hydrogen-bond donors (Lipinski definition) is 2. The molecule has 1 heterocycles. The predicted molar refractivity (Wildman–Crippen MR) is 122 cm³/mol. The van der Waals surface area contributed by atoms with Gasteiger partial charge in [-0.1, -0.05) is 26.0 Å². The van der Waals surface area contributed by atoms with E-state index in [1.54, 1.807) is 32.0 Å². The van der Waals surface area contributed by atoms with Gasteiger partial charge in [0.1, 0.15) is 6.04 Å². The lowest BCUT2D eigenvalue weighted by molar-refractivity contribution is -0.118. The third-order valence-corrected chi connectivity index (χ3v) is 7.09. The molecule has 2 aromatic rings. The number of morpholine rings is 1. The minimum atomic E-state index is -3.76. The molecule has 2 N–H and O–H groups in total. The van der Waals surface area contributed by atoms with E-state index in [0.29, 0.717) is 24.5 Å². The predicted octanol–water partition coefficient (Wildman–Crippen LogP) is 1.97. The first-order valence-corrected chi connectivity index (χ1v) is 12.0. The van der Waals surface area contributed by atoms with Crippen molar-refractivity contribution in [2.75, 3.05) is 31.6 Å². The van der Waals surface area contributed by atoms with E-state index in [-0.39, 0.29) is 29.5 Å². The van der Waals surface area contributed by atoms with Crippen molar-refractivity contribution in [1.82, 2.24) is 9.62 Å². The highest BCUT2D eigenvalue weighted by Crippen LogP contribution is 2.19. The van der Waals surface area contributed by atoms with Crippen LogP contribution in [-0.2, 0) is 19.6 Å². The molecule has 33 heavy (non-hydrogen) atoms. The normalized spacial score (nSPS) is 15.5. The van der Waals surface area contributed by atoms with Gasteiger partial charge in [0, 0.05) is 24.3 Å². The van der Waals surface area contributed by atoms with Gasteiger partial charge < -0.3 is 15.4 Å². The van der Waals surface area contributed by atoms with Crippen molar-refractivity contribution in [2.24, 2.45) is 5.92 Å². The first-order chi connectivity index (χ1) is 15.7. The number of nitrogens with zero attached hydrogens (tertiary/aromatic N) is 2. The van der Waals surface area contributed by atoms with Crippen LogP contribution < -0.4 is 10.6 Å². The number of carbonyl (C=O) groups excluding carboxylic acids is 2. The highest BCUT2D eigenvalue weighted by atomic mass is 32.2. The van der Waals surface area contributed by atoms with Crippen molar-refractivity contribution in [2.45, 2.75) is 24.8 Å². The number of hydrogen-bond acceptors (Lipinski definition) is 6. The lowest BCUT2D eigenvalue weighted by Crippen LogP contribution is -2.47. The number of ether oxygens (including phenoxy) is 1. The van der Waals surface area contributed by atoms with Crippen molar-refractivity contribution in [3.05, 3.63) is 59.7 Å². The largest absolute Gasteiger partial charge is 0.379 e. The van der Waals surface area contributed by atoms with Crippen molar-refractivity contribution in [3.8, 4) is 6.07 Å². The quantitative estimate of drug-likeness (QED) is 0.637. The Labute approximate surface area is 193 Å². The van der Waals surface area contributed by atoms with Crippen molar-refractivity contribution in [1.29, 1.82) is 5.26 Å². The number of anilines is 1. The molecule has 1 aliphatic rings. The standard InChI is InChI=1S/C23H26N4O5S/c1-16(2)21(23(29)25-19-7-3-5-17(13-19)15-24)26-22(28)18-6-4-8-20(14-18)33(30,31)27-9-11-32-12-10-27/h3-8,13-14,16,21H,9-12H2,1-2H3,(H,25,29)(H,26,28)/t21-/m0/s1. The second-order valence-electron chi connectivity index (χ2n) is 7.92. The molecule has 1 fully saturated rings. The van der Waals surface area contributed by atoms with Crippen LogP contribution in [0.25, 0.3) is 0 Å². The van der Waals surface area contributed by atoms with E-state index in [1.165, 1.54) is 34.6 Å². The monoisotopic (exact) mass is 470 g/mol. The van der Waals surface area contributed by atoms with Gasteiger partial charge in [-0.25, -0.2) is 8.42 Å². The molecule has 0 spiro atoms. The number of nitriles is 1. The van der Waals surface area contributed by atoms with Crippen molar-refractivity contribution < 1.29 is 22.7 Å². The van der Waals surface area contributed by atoms with E-state index in [1.807, 2.05) is 6.07 Å². The van der Waals surface area contributed by atoms with Crippen LogP contribution in [-0.4, -0.2) is 56.9 Å². The minimum absolute atomic E-state index is 0.0101. The Balaban J connectivity index is 1.76. The fraction of sp³-hybridized carbons (Fsp3) is 0.348. The number of amides is 2. The highest BCUT2D eigenvalue weighted by Gasteiger charge is 2.28. The molecule has 0 aliphatic carbocycles. The molecule has 0 saturated carbocycles. The maximum Gasteiger partial charge on any atom is 0.251 e. The summed E-state index contributed by atoms with van der Waals surface area (Å²) in [5.41, 5.74) is 0.975. The van der Waals surface area contributed by atoms with Crippen LogP contribution in [0, 0.1) is 17.2 Å². The zero-order valence-electron chi connectivity index (χ0n) is 18.4. The number of carbonyl (C=O) groups is 2. The van der Waals surface area contributed by atoms with Crippen LogP contribution >= 0.6 is 0 Å². The summed E-state index contributed by atoms with van der Waals surface area (Å²) < 4.78 is 32.4. The Bertz CT molecular complexity index is 1170. The maximum atomic E-state index is 12.9. The fourth-order valence-corrected chi connectivity index (χ4v) is 4.83. The smallest absolute Gasteiger partial charge is 0.251 e. The molecule has 0 radical (unpaired) electrons. The summed E-state index contributed by atoms with van der Waals surface area (Å²) in [6.07, 6.45) is 0. The first-order valence-electron chi connectivity index (χ1n) is 10.5. The van der Waals surface area contributed by atoms with Crippen LogP contribution in [0.1, 0.15) is 29.8 Å². The van der Waals surface area contributed by atoms with E-state index < -0.39 is 27.9 Å². The molecule has 9 nitrogen and oxygen atoms in total. The minimum Gasteiger partial charge on any atom is -0.379 e. The van der Waals surface area contributed by atoms with Gasteiger partial charge in [-0.05, 0) is 42.3 Å². The molecule has 1 saturated heterocycles. The number of nitrogens with one attached hydrogen (secondary N) is 2. The molecule has 2 aromatic carbocycles. The first kappa shape index (κ1) is 24.4. The van der Waals surface area contributed by atoms with Gasteiger partial charge in [-0.3, -0.25) is 9.59 Å². The zero-order chi connectivity index (χ0) is 24.0. The summed E-state index contributed by atoms with van der Waals surface area (Å²) in [5, 5.41) is 14.4. The van der Waals surface area contributed by atoms with E-state index in [2.05, 4.69) is 10.6 Å². The van der Waals surface area contributed by atoms with Crippen LogP contribution in [0.5, 0.6) is 0 Å². The summed E-state index contributed by atoms with van der Waals surface area (Å²) in [6, 6.07) is 13.3. The van der Waals surface area contributed by atoms with Crippen LogP contribution in [0.3, 0.4) is 0 Å². The van der Waals surface area contributed by atoms with Crippen molar-refractivity contribution in [3.63, 3.8) is 0 Å². The fourth-order valence-electron chi connectivity index (χ4n) is 3.38. The Hall–Kier alpha value is -3.26. The molecular weight excluding hydrogens is 444 g/mol. The summed E-state index contributed by atoms with van der Waals surface area (Å²) in [5.74, 6) is -1.24. The Morgan fingerprint density at radius 1 is 1.09 bits per heavy atom. The summed E-state index contributed by atoms with van der Waals surface area (Å²) in [4.78, 5) is 25.7. The van der Waals surface area contributed by atoms with Gasteiger partial charge in [0.15, 0.2) is 0 Å². The van der Waals surface area contributed by atoms with E-state index in [4.69, 9.17) is 10.00 Å². The van der Waals surface area contributed by atoms with Crippen LogP contribution in [0.15, 0.2) is 53.4 Å². The second kappa shape index (κ2) is 10.6. The highest BCUT2D eigenvalue weighted by molar-refractivity contribution is 7.89. The molecule has 0 aromatic heterocycles. The van der Waals surface area contributed by atoms with Gasteiger partial charge in [-0.15, -0.1) is 0 Å². The number of benzene rings is 2. The summed E-state index contributed by atoms with van der Waals surface area (Å²) in [6.45, 7) is 4.72. The SMILES string of the molecule is CC(C)[C@H](NC(=O)c1cccc(S(=O)(=O)N2CCOCC2)c1)C(=O)Nc1cccc(C#N)c1. The maximum absolute atomic E-state index is 12.9. The Morgan fingerprint density at radius 3 is 2.45 bits per heavy atom. The summed E-state index contributed by atoms with van der Waals surface area (Å²) in [7, 11) is -3.76. The Kier molecular flexibility index (Phi) is 7.81. The van der Waals surface area contributed by atoms with Gasteiger partial charge in [-0.2, -0.15) is 9.57 Å². The van der Waals surface area contributed by atoms with Crippen LogP contribution in [0.2, 0.25) is 0 Å².